The number of hydrogen-bond acceptors (Lipinski definition) is 3. The maximum atomic E-state index is 11.8. The van der Waals surface area contributed by atoms with Gasteiger partial charge in [0.1, 0.15) is 4.90 Å². The zero-order valence-electron chi connectivity index (χ0n) is 8.84. The highest BCUT2D eigenvalue weighted by Gasteiger charge is 2.14. The van der Waals surface area contributed by atoms with Crippen molar-refractivity contribution in [3.63, 3.8) is 0 Å². The molecule has 0 bridgehead atoms. The van der Waals surface area contributed by atoms with Gasteiger partial charge in [-0.3, -0.25) is 4.79 Å². The fourth-order valence-electron chi connectivity index (χ4n) is 1.47. The molecule has 0 fully saturated rings. The molecular formula is C10H9ClN2O3S. The molecule has 0 unspecified atom stereocenters. The zero-order valence-corrected chi connectivity index (χ0v) is 10.4. The summed E-state index contributed by atoms with van der Waals surface area (Å²) in [6.07, 6.45) is 2.87. The first-order valence-corrected chi connectivity index (χ1v) is 6.99. The van der Waals surface area contributed by atoms with Crippen molar-refractivity contribution in [2.24, 2.45) is 7.05 Å². The van der Waals surface area contributed by atoms with Crippen molar-refractivity contribution in [2.75, 3.05) is 0 Å². The van der Waals surface area contributed by atoms with Gasteiger partial charge >= 0.3 is 0 Å². The number of pyridine rings is 1. The molecule has 90 valence electrons. The van der Waals surface area contributed by atoms with E-state index in [1.807, 2.05) is 0 Å². The van der Waals surface area contributed by atoms with E-state index in [0.717, 1.165) is 0 Å². The molecule has 5 nitrogen and oxygen atoms in total. The number of hydrogen-bond donors (Lipinski definition) is 1. The third-order valence-corrected chi connectivity index (χ3v) is 3.68. The van der Waals surface area contributed by atoms with Crippen LogP contribution in [0.1, 0.15) is 0 Å². The third-order valence-electron chi connectivity index (χ3n) is 2.35. The predicted molar refractivity (Wildman–Crippen MR) is 64.5 cm³/mol. The molecule has 0 aliphatic heterocycles. The Morgan fingerprint density at radius 3 is 2.71 bits per heavy atom. The molecule has 2 rings (SSSR count). The zero-order chi connectivity index (χ0) is 12.6. The van der Waals surface area contributed by atoms with E-state index in [1.165, 1.54) is 16.8 Å². The van der Waals surface area contributed by atoms with Crippen molar-refractivity contribution in [3.05, 3.63) is 40.9 Å². The molecule has 0 atom stereocenters. The molecule has 2 aromatic heterocycles. The maximum absolute atomic E-state index is 11.8. The van der Waals surface area contributed by atoms with Gasteiger partial charge in [-0.15, -0.1) is 0 Å². The highest BCUT2D eigenvalue weighted by molar-refractivity contribution is 8.13. The second-order valence-electron chi connectivity index (χ2n) is 3.52. The van der Waals surface area contributed by atoms with Crippen molar-refractivity contribution < 1.29 is 8.42 Å². The number of aromatic nitrogens is 2. The molecule has 1 N–H and O–H groups in total. The summed E-state index contributed by atoms with van der Waals surface area (Å²) < 4.78 is 23.6. The average molecular weight is 273 g/mol. The van der Waals surface area contributed by atoms with Crippen LogP contribution in [-0.4, -0.2) is 18.0 Å². The van der Waals surface area contributed by atoms with E-state index in [4.69, 9.17) is 10.7 Å². The van der Waals surface area contributed by atoms with Gasteiger partial charge in [-0.1, -0.05) is 0 Å². The smallest absolute Gasteiger partial charge is 0.262 e. The Morgan fingerprint density at radius 2 is 2.12 bits per heavy atom. The lowest BCUT2D eigenvalue weighted by Gasteiger charge is -2.00. The Labute approximate surface area is 102 Å². The van der Waals surface area contributed by atoms with Gasteiger partial charge < -0.3 is 9.55 Å². The minimum absolute atomic E-state index is 0.0555. The lowest BCUT2D eigenvalue weighted by Crippen LogP contribution is -2.17. The topological polar surface area (TPSA) is 71.9 Å². The fraction of sp³-hybridized carbons (Fsp3) is 0.100. The van der Waals surface area contributed by atoms with Crippen molar-refractivity contribution in [3.8, 4) is 11.3 Å². The summed E-state index contributed by atoms with van der Waals surface area (Å²) in [5.74, 6) is 0. The van der Waals surface area contributed by atoms with Crippen LogP contribution in [0.4, 0.5) is 0 Å². The molecule has 0 aromatic carbocycles. The normalized spacial score (nSPS) is 11.6. The Bertz CT molecular complexity index is 715. The molecule has 2 aromatic rings. The molecular weight excluding hydrogens is 264 g/mol. The third kappa shape index (κ3) is 2.27. The van der Waals surface area contributed by atoms with Gasteiger partial charge in [0.05, 0.1) is 11.3 Å². The highest BCUT2D eigenvalue weighted by atomic mass is 35.7. The molecule has 7 heteroatoms. The van der Waals surface area contributed by atoms with Crippen molar-refractivity contribution in [1.29, 1.82) is 0 Å². The Hall–Kier alpha value is -1.53. The number of rotatable bonds is 2. The van der Waals surface area contributed by atoms with Gasteiger partial charge in [0.25, 0.3) is 14.6 Å². The molecule has 0 aliphatic rings. The first-order chi connectivity index (χ1) is 7.89. The number of nitrogens with zero attached hydrogens (tertiary/aromatic N) is 1. The van der Waals surface area contributed by atoms with E-state index in [1.54, 1.807) is 25.4 Å². The van der Waals surface area contributed by atoms with Gasteiger partial charge in [0, 0.05) is 30.1 Å². The minimum atomic E-state index is -3.78. The van der Waals surface area contributed by atoms with Gasteiger partial charge in [-0.25, -0.2) is 8.42 Å². The molecule has 0 aliphatic carbocycles. The number of nitrogens with one attached hydrogen (secondary N) is 1. The molecule has 0 saturated heterocycles. The first kappa shape index (κ1) is 11.9. The van der Waals surface area contributed by atoms with E-state index in [-0.39, 0.29) is 10.5 Å². The average Bonchev–Trinajstić information content (AvgIpc) is 2.70. The summed E-state index contributed by atoms with van der Waals surface area (Å²) in [5, 5.41) is 0. The van der Waals surface area contributed by atoms with E-state index in [9.17, 15) is 13.2 Å². The second kappa shape index (κ2) is 4.05. The standard InChI is InChI=1S/C10H9ClN2O3S/c1-13-4-2-3-8(10(13)14)9-5-7(6-12-9)17(11,15)16/h2-6,12H,1H3. The lowest BCUT2D eigenvalue weighted by atomic mass is 10.2. The molecule has 0 amide bonds. The summed E-state index contributed by atoms with van der Waals surface area (Å²) in [6, 6.07) is 4.64. The summed E-state index contributed by atoms with van der Waals surface area (Å²) in [6.45, 7) is 0. The molecule has 17 heavy (non-hydrogen) atoms. The van der Waals surface area contributed by atoms with Crippen molar-refractivity contribution in [1.82, 2.24) is 9.55 Å². The highest BCUT2D eigenvalue weighted by Crippen LogP contribution is 2.21. The van der Waals surface area contributed by atoms with Crippen LogP contribution < -0.4 is 5.56 Å². The Kier molecular flexibility index (Phi) is 2.84. The molecule has 2 heterocycles. The van der Waals surface area contributed by atoms with Crippen molar-refractivity contribution >= 4 is 19.7 Å². The predicted octanol–water partition coefficient (Wildman–Crippen LogP) is 1.31. The van der Waals surface area contributed by atoms with Gasteiger partial charge in [-0.2, -0.15) is 0 Å². The second-order valence-corrected chi connectivity index (χ2v) is 6.09. The summed E-state index contributed by atoms with van der Waals surface area (Å²) in [4.78, 5) is 14.5. The van der Waals surface area contributed by atoms with Crippen LogP contribution in [0.3, 0.4) is 0 Å². The van der Waals surface area contributed by atoms with Crippen LogP contribution in [0.5, 0.6) is 0 Å². The van der Waals surface area contributed by atoms with Gasteiger partial charge in [-0.05, 0) is 18.2 Å². The molecule has 0 radical (unpaired) electrons. The van der Waals surface area contributed by atoms with Gasteiger partial charge in [0.15, 0.2) is 0 Å². The summed E-state index contributed by atoms with van der Waals surface area (Å²) >= 11 is 0. The van der Waals surface area contributed by atoms with E-state index in [0.29, 0.717) is 11.3 Å². The van der Waals surface area contributed by atoms with Crippen LogP contribution in [0.25, 0.3) is 11.3 Å². The Balaban J connectivity index is 2.59. The lowest BCUT2D eigenvalue weighted by molar-refractivity contribution is 0.609. The molecule has 0 saturated carbocycles. The summed E-state index contributed by atoms with van der Waals surface area (Å²) in [7, 11) is 3.04. The first-order valence-electron chi connectivity index (χ1n) is 4.68. The van der Waals surface area contributed by atoms with Crippen LogP contribution in [0.2, 0.25) is 0 Å². The number of aryl methyl sites for hydroxylation is 1. The van der Waals surface area contributed by atoms with E-state index in [2.05, 4.69) is 4.98 Å². The summed E-state index contributed by atoms with van der Waals surface area (Å²) in [5.41, 5.74) is 0.597. The van der Waals surface area contributed by atoms with Crippen LogP contribution in [0, 0.1) is 0 Å². The monoisotopic (exact) mass is 272 g/mol. The number of H-pyrrole nitrogens is 1. The van der Waals surface area contributed by atoms with Crippen LogP contribution in [-0.2, 0) is 16.1 Å². The Morgan fingerprint density at radius 1 is 1.41 bits per heavy atom. The van der Waals surface area contributed by atoms with Crippen LogP contribution in [0.15, 0.2) is 40.3 Å². The van der Waals surface area contributed by atoms with Crippen LogP contribution >= 0.6 is 10.7 Å². The quantitative estimate of drug-likeness (QED) is 0.838. The number of halogens is 1. The van der Waals surface area contributed by atoms with E-state index >= 15 is 0 Å². The SMILES string of the molecule is Cn1cccc(-c2cc(S(=O)(=O)Cl)c[nH]2)c1=O. The number of aromatic amines is 1. The minimum Gasteiger partial charge on any atom is -0.360 e. The maximum Gasteiger partial charge on any atom is 0.262 e. The van der Waals surface area contributed by atoms with Gasteiger partial charge in [0.2, 0.25) is 0 Å². The largest absolute Gasteiger partial charge is 0.360 e. The van der Waals surface area contributed by atoms with Crippen molar-refractivity contribution in [2.45, 2.75) is 4.90 Å². The molecule has 0 spiro atoms. The fourth-order valence-corrected chi connectivity index (χ4v) is 2.20. The van der Waals surface area contributed by atoms with E-state index < -0.39 is 9.05 Å².